The number of nitrogens with zero attached hydrogens (tertiary/aromatic N) is 2. The number of aromatic carboxylic acids is 1. The van der Waals surface area contributed by atoms with Gasteiger partial charge in [0.05, 0.1) is 22.5 Å². The second-order valence-electron chi connectivity index (χ2n) is 8.76. The number of carboxylic acids is 1. The van der Waals surface area contributed by atoms with Gasteiger partial charge in [-0.15, -0.1) is 0 Å². The zero-order valence-corrected chi connectivity index (χ0v) is 29.0. The quantitative estimate of drug-likeness (QED) is 0.157. The van der Waals surface area contributed by atoms with Crippen molar-refractivity contribution in [3.05, 3.63) is 98.8 Å². The van der Waals surface area contributed by atoms with Gasteiger partial charge >= 0.3 is 59.1 Å². The van der Waals surface area contributed by atoms with E-state index in [1.807, 2.05) is 0 Å². The van der Waals surface area contributed by atoms with Crippen LogP contribution in [0, 0.1) is 0 Å². The monoisotopic (exact) mass is 632 g/mol. The van der Waals surface area contributed by atoms with Gasteiger partial charge in [0.15, 0.2) is 0 Å². The SMILES string of the molecule is O=C(CCCCCn1c(C(=O)[O-])cc2cc(OCc3c(Cl)cccc3Cl)ccc21)[N-]S(=O)(=O)c1ccccc1.[Na+].[Na+]. The summed E-state index contributed by atoms with van der Waals surface area (Å²) in [7, 11) is -4.03. The van der Waals surface area contributed by atoms with E-state index in [0.717, 1.165) is 0 Å². The van der Waals surface area contributed by atoms with E-state index in [2.05, 4.69) is 4.72 Å². The standard InChI is InChI=1S/C28H26Cl2N2O6S.2Na/c29-23-10-7-11-24(30)22(23)18-38-20-13-14-25-19(16-20)17-26(28(34)35)32(25)15-6-2-5-12-27(33)31-39(36,37)21-8-3-1-4-9-21;;/h1,3-4,7-11,13-14,16-17H,2,5-6,12,15,18H2,(H2,31,33,34,35);;/q;2*+1/p-2. The Labute approximate surface area is 293 Å². The predicted molar refractivity (Wildman–Crippen MR) is 148 cm³/mol. The Morgan fingerprint density at radius 3 is 2.22 bits per heavy atom. The molecule has 8 nitrogen and oxygen atoms in total. The Morgan fingerprint density at radius 2 is 1.56 bits per heavy atom. The van der Waals surface area contributed by atoms with Gasteiger partial charge in [0.1, 0.15) is 22.4 Å². The normalized spacial score (nSPS) is 10.9. The number of hydrogen-bond acceptors (Lipinski definition) is 6. The average molecular weight is 633 g/mol. The van der Waals surface area contributed by atoms with Gasteiger partial charge in [0.2, 0.25) is 0 Å². The number of amides is 1. The zero-order valence-electron chi connectivity index (χ0n) is 22.7. The maximum absolute atomic E-state index is 12.2. The Kier molecular flexibility index (Phi) is 14.2. The maximum Gasteiger partial charge on any atom is 1.00 e. The number of unbranched alkanes of at least 4 members (excludes halogenated alkanes) is 2. The second kappa shape index (κ2) is 16.4. The molecule has 0 bridgehead atoms. The molecule has 204 valence electrons. The molecule has 0 radical (unpaired) electrons. The average Bonchev–Trinajstić information content (AvgIpc) is 3.26. The Bertz CT molecular complexity index is 1590. The summed E-state index contributed by atoms with van der Waals surface area (Å²) in [6.45, 7) is 0.519. The third-order valence-corrected chi connectivity index (χ3v) is 8.08. The van der Waals surface area contributed by atoms with Crippen LogP contribution in [0.25, 0.3) is 15.6 Å². The number of halogens is 2. The minimum absolute atomic E-state index is 0. The molecule has 0 unspecified atom stereocenters. The summed E-state index contributed by atoms with van der Waals surface area (Å²) < 4.78 is 35.3. The molecule has 0 aliphatic heterocycles. The van der Waals surface area contributed by atoms with Crippen LogP contribution in [-0.2, 0) is 28.0 Å². The molecular formula is C28H24Cl2N2Na2O6S. The number of ether oxygens (including phenoxy) is 1. The van der Waals surface area contributed by atoms with E-state index in [-0.39, 0.29) is 82.7 Å². The number of hydrogen-bond donors (Lipinski definition) is 0. The molecule has 1 aromatic heterocycles. The van der Waals surface area contributed by atoms with Crippen LogP contribution < -0.4 is 69.0 Å². The number of carbonyl (C=O) groups is 2. The zero-order chi connectivity index (χ0) is 28.0. The van der Waals surface area contributed by atoms with Gasteiger partial charge in [-0.3, -0.25) is 0 Å². The van der Waals surface area contributed by atoms with E-state index < -0.39 is 21.9 Å². The second-order valence-corrected chi connectivity index (χ2v) is 11.2. The Hall–Kier alpha value is -1.53. The molecule has 0 saturated heterocycles. The molecule has 0 saturated carbocycles. The number of fused-ring (bicyclic) bond motifs is 1. The molecule has 4 aromatic rings. The first-order valence-corrected chi connectivity index (χ1v) is 14.3. The minimum Gasteiger partial charge on any atom is -0.543 e. The van der Waals surface area contributed by atoms with Crippen LogP contribution in [-0.4, -0.2) is 24.9 Å². The fourth-order valence-electron chi connectivity index (χ4n) is 4.12. The van der Waals surface area contributed by atoms with Crippen LogP contribution in [0.4, 0.5) is 0 Å². The van der Waals surface area contributed by atoms with Crippen LogP contribution in [0.3, 0.4) is 0 Å². The molecule has 13 heteroatoms. The number of rotatable bonds is 12. The first-order chi connectivity index (χ1) is 18.7. The number of aryl methyl sites for hydroxylation is 1. The fourth-order valence-corrected chi connectivity index (χ4v) is 5.59. The summed E-state index contributed by atoms with van der Waals surface area (Å²) in [5, 5.41) is 13.4. The van der Waals surface area contributed by atoms with Crippen LogP contribution in [0.5, 0.6) is 5.75 Å². The molecule has 41 heavy (non-hydrogen) atoms. The van der Waals surface area contributed by atoms with Crippen LogP contribution in [0.1, 0.15) is 41.7 Å². The third-order valence-electron chi connectivity index (χ3n) is 6.06. The molecule has 4 rings (SSSR count). The summed E-state index contributed by atoms with van der Waals surface area (Å²) in [5.74, 6) is -1.50. The molecule has 0 aliphatic rings. The molecule has 1 heterocycles. The summed E-state index contributed by atoms with van der Waals surface area (Å²) >= 11 is 12.4. The minimum atomic E-state index is -4.03. The van der Waals surface area contributed by atoms with Crippen molar-refractivity contribution in [1.82, 2.24) is 4.57 Å². The number of carbonyl (C=O) groups excluding carboxylic acids is 2. The number of benzene rings is 3. The largest absolute Gasteiger partial charge is 1.00 e. The van der Waals surface area contributed by atoms with Crippen molar-refractivity contribution in [3.8, 4) is 5.75 Å². The summed E-state index contributed by atoms with van der Waals surface area (Å²) in [6, 6.07) is 19.5. The molecular weight excluding hydrogens is 609 g/mol. The number of sulfonamides is 1. The van der Waals surface area contributed by atoms with E-state index in [4.69, 9.17) is 27.9 Å². The maximum atomic E-state index is 12.2. The molecule has 0 fully saturated rings. The number of carboxylic acid groups (broad SMARTS) is 1. The van der Waals surface area contributed by atoms with Crippen molar-refractivity contribution in [2.24, 2.45) is 0 Å². The fraction of sp³-hybridized carbons (Fsp3) is 0.214. The van der Waals surface area contributed by atoms with Crippen molar-refractivity contribution in [3.63, 3.8) is 0 Å². The van der Waals surface area contributed by atoms with E-state index >= 15 is 0 Å². The summed E-state index contributed by atoms with van der Waals surface area (Å²) in [4.78, 5) is 23.8. The topological polar surface area (TPSA) is 120 Å². The van der Waals surface area contributed by atoms with Crippen molar-refractivity contribution in [2.75, 3.05) is 0 Å². The molecule has 0 aliphatic carbocycles. The third kappa shape index (κ3) is 9.48. The van der Waals surface area contributed by atoms with Crippen molar-refractivity contribution in [2.45, 2.75) is 43.7 Å². The van der Waals surface area contributed by atoms with Crippen LogP contribution in [0.2, 0.25) is 10.0 Å². The predicted octanol–water partition coefficient (Wildman–Crippen LogP) is -0.252. The smallest absolute Gasteiger partial charge is 0.543 e. The number of aromatic nitrogens is 1. The van der Waals surface area contributed by atoms with Gasteiger partial charge in [-0.1, -0.05) is 53.9 Å². The Balaban J connectivity index is 0.00000294. The summed E-state index contributed by atoms with van der Waals surface area (Å²) in [6.07, 6.45) is 1.52. The van der Waals surface area contributed by atoms with Gasteiger partial charge in [0, 0.05) is 33.1 Å². The molecule has 0 N–H and O–H groups in total. The van der Waals surface area contributed by atoms with Gasteiger partial charge in [-0.2, -0.15) is 0 Å². The van der Waals surface area contributed by atoms with Crippen molar-refractivity contribution in [1.29, 1.82) is 0 Å². The molecule has 0 spiro atoms. The first kappa shape index (κ1) is 35.7. The van der Waals surface area contributed by atoms with E-state index in [9.17, 15) is 23.1 Å². The molecule has 3 aromatic carbocycles. The van der Waals surface area contributed by atoms with Crippen molar-refractivity contribution >= 4 is 56.0 Å². The van der Waals surface area contributed by atoms with E-state index in [1.54, 1.807) is 59.2 Å². The van der Waals surface area contributed by atoms with Gasteiger partial charge < -0.3 is 28.7 Å². The van der Waals surface area contributed by atoms with Gasteiger partial charge in [0.25, 0.3) is 0 Å². The van der Waals surface area contributed by atoms with E-state index in [0.29, 0.717) is 58.1 Å². The van der Waals surface area contributed by atoms with Gasteiger partial charge in [-0.25, -0.2) is 8.42 Å². The molecule has 0 atom stereocenters. The van der Waals surface area contributed by atoms with Gasteiger partial charge in [-0.05, 0) is 67.8 Å². The van der Waals surface area contributed by atoms with Crippen LogP contribution >= 0.6 is 23.2 Å². The van der Waals surface area contributed by atoms with Crippen LogP contribution in [0.15, 0.2) is 77.7 Å². The Morgan fingerprint density at radius 1 is 0.878 bits per heavy atom. The summed E-state index contributed by atoms with van der Waals surface area (Å²) in [5.41, 5.74) is 1.37. The van der Waals surface area contributed by atoms with Crippen molar-refractivity contribution < 1.29 is 87.0 Å². The van der Waals surface area contributed by atoms with E-state index in [1.165, 1.54) is 18.2 Å². The molecule has 1 amide bonds. The first-order valence-electron chi connectivity index (χ1n) is 12.1.